The van der Waals surface area contributed by atoms with Gasteiger partial charge in [-0.2, -0.15) is 23.4 Å². The van der Waals surface area contributed by atoms with Crippen LogP contribution in [0, 0.1) is 6.92 Å². The number of amides is 1. The third kappa shape index (κ3) is 4.77. The number of halogens is 3. The summed E-state index contributed by atoms with van der Waals surface area (Å²) in [5.41, 5.74) is 2.83. The van der Waals surface area contributed by atoms with Crippen LogP contribution in [0.4, 0.5) is 24.8 Å². The number of alkyl halides is 3. The lowest BCUT2D eigenvalue weighted by molar-refractivity contribution is -0.173. The van der Waals surface area contributed by atoms with Crippen molar-refractivity contribution < 1.29 is 18.0 Å². The maximum absolute atomic E-state index is 13.9. The number of hydrogen-bond donors (Lipinski definition) is 2. The van der Waals surface area contributed by atoms with Crippen LogP contribution < -0.4 is 10.6 Å². The van der Waals surface area contributed by atoms with E-state index in [1.165, 1.54) is 6.07 Å². The molecule has 3 heterocycles. The van der Waals surface area contributed by atoms with Crippen molar-refractivity contribution >= 4 is 17.5 Å². The van der Waals surface area contributed by atoms with Crippen LogP contribution in [0.15, 0.2) is 72.9 Å². The SMILES string of the molecule is Cc1ccccc1Cn1ccc(NC(=O)c2cc3n(n2)[C@H](C(F)(F)F)C[C@H](c2ccccc2)N3)n1. The van der Waals surface area contributed by atoms with E-state index >= 15 is 0 Å². The number of hydrogen-bond acceptors (Lipinski definition) is 4. The number of aryl methyl sites for hydroxylation is 1. The molecular formula is C25H23F3N6O. The molecule has 0 unspecified atom stereocenters. The minimum Gasteiger partial charge on any atom is -0.363 e. The third-order valence-electron chi connectivity index (χ3n) is 6.10. The number of aromatic nitrogens is 4. The highest BCUT2D eigenvalue weighted by Gasteiger charge is 2.46. The zero-order valence-corrected chi connectivity index (χ0v) is 18.8. The van der Waals surface area contributed by atoms with Crippen molar-refractivity contribution in [3.8, 4) is 0 Å². The van der Waals surface area contributed by atoms with E-state index in [1.807, 2.05) is 37.3 Å². The predicted molar refractivity (Wildman–Crippen MR) is 125 cm³/mol. The summed E-state index contributed by atoms with van der Waals surface area (Å²) in [6.45, 7) is 2.53. The molecule has 7 nitrogen and oxygen atoms in total. The highest BCUT2D eigenvalue weighted by molar-refractivity contribution is 6.02. The van der Waals surface area contributed by atoms with Crippen molar-refractivity contribution in [1.29, 1.82) is 0 Å². The van der Waals surface area contributed by atoms with Crippen molar-refractivity contribution in [3.63, 3.8) is 0 Å². The van der Waals surface area contributed by atoms with Crippen LogP contribution in [0.5, 0.6) is 0 Å². The maximum Gasteiger partial charge on any atom is 0.410 e. The number of carbonyl (C=O) groups is 1. The Bertz CT molecular complexity index is 1340. The Balaban J connectivity index is 1.35. The van der Waals surface area contributed by atoms with Gasteiger partial charge in [-0.3, -0.25) is 9.48 Å². The Labute approximate surface area is 199 Å². The van der Waals surface area contributed by atoms with Gasteiger partial charge >= 0.3 is 6.18 Å². The van der Waals surface area contributed by atoms with Crippen molar-refractivity contribution in [1.82, 2.24) is 19.6 Å². The van der Waals surface area contributed by atoms with Gasteiger partial charge in [-0.1, -0.05) is 54.6 Å². The van der Waals surface area contributed by atoms with Gasteiger partial charge in [0.15, 0.2) is 17.6 Å². The number of benzene rings is 2. The van der Waals surface area contributed by atoms with Gasteiger partial charge in [0.25, 0.3) is 5.91 Å². The zero-order valence-electron chi connectivity index (χ0n) is 18.8. The highest BCUT2D eigenvalue weighted by Crippen LogP contribution is 2.43. The minimum absolute atomic E-state index is 0.121. The first kappa shape index (κ1) is 22.7. The molecule has 4 aromatic rings. The fourth-order valence-electron chi connectivity index (χ4n) is 4.25. The molecule has 5 rings (SSSR count). The fourth-order valence-corrected chi connectivity index (χ4v) is 4.25. The van der Waals surface area contributed by atoms with E-state index in [0.717, 1.165) is 21.4 Å². The second-order valence-corrected chi connectivity index (χ2v) is 8.54. The predicted octanol–water partition coefficient (Wildman–Crippen LogP) is 5.35. The summed E-state index contributed by atoms with van der Waals surface area (Å²) in [7, 11) is 0. The van der Waals surface area contributed by atoms with Gasteiger partial charge in [0, 0.05) is 24.8 Å². The molecule has 35 heavy (non-hydrogen) atoms. The average Bonchev–Trinajstić information content (AvgIpc) is 3.46. The van der Waals surface area contributed by atoms with Crippen LogP contribution in [0.2, 0.25) is 0 Å². The van der Waals surface area contributed by atoms with Crippen LogP contribution in [0.3, 0.4) is 0 Å². The van der Waals surface area contributed by atoms with E-state index in [1.54, 1.807) is 41.2 Å². The molecule has 2 atom stereocenters. The largest absolute Gasteiger partial charge is 0.410 e. The van der Waals surface area contributed by atoms with Gasteiger partial charge in [0.05, 0.1) is 12.6 Å². The monoisotopic (exact) mass is 480 g/mol. The highest BCUT2D eigenvalue weighted by atomic mass is 19.4. The molecule has 0 spiro atoms. The Morgan fingerprint density at radius 3 is 2.57 bits per heavy atom. The lowest BCUT2D eigenvalue weighted by Gasteiger charge is -2.33. The first-order valence-electron chi connectivity index (χ1n) is 11.1. The Morgan fingerprint density at radius 1 is 1.09 bits per heavy atom. The topological polar surface area (TPSA) is 76.8 Å². The number of nitrogens with one attached hydrogen (secondary N) is 2. The number of rotatable bonds is 5. The Hall–Kier alpha value is -4.08. The molecule has 0 fully saturated rings. The summed E-state index contributed by atoms with van der Waals surface area (Å²) in [6, 6.07) is 17.4. The van der Waals surface area contributed by atoms with Crippen LogP contribution >= 0.6 is 0 Å². The molecule has 0 aliphatic carbocycles. The van der Waals surface area contributed by atoms with Gasteiger partial charge in [-0.05, 0) is 23.6 Å². The molecule has 180 valence electrons. The number of fused-ring (bicyclic) bond motifs is 1. The minimum atomic E-state index is -4.52. The number of carbonyl (C=O) groups excluding carboxylic acids is 1. The number of nitrogens with zero attached hydrogens (tertiary/aromatic N) is 4. The molecule has 2 aromatic carbocycles. The maximum atomic E-state index is 13.9. The standard InChI is InChI=1S/C25H23F3N6O/c1-16-7-5-6-10-18(16)15-33-12-11-22(32-33)30-24(35)20-14-23-29-19(17-8-3-2-4-9-17)13-21(25(26,27)28)34(23)31-20/h2-12,14,19,21,29H,13,15H2,1H3,(H,30,32,35)/t19-,21+/m1/s1. The van der Waals surface area contributed by atoms with Crippen LogP contribution in [-0.2, 0) is 6.54 Å². The fraction of sp³-hybridized carbons (Fsp3) is 0.240. The lowest BCUT2D eigenvalue weighted by Crippen LogP contribution is -2.35. The smallest absolute Gasteiger partial charge is 0.363 e. The summed E-state index contributed by atoms with van der Waals surface area (Å²) in [5.74, 6) is -0.202. The molecule has 2 aromatic heterocycles. The molecule has 0 saturated heterocycles. The molecule has 0 saturated carbocycles. The molecule has 1 amide bonds. The summed E-state index contributed by atoms with van der Waals surface area (Å²) in [5, 5.41) is 14.1. The van der Waals surface area contributed by atoms with Crippen molar-refractivity contribution in [2.24, 2.45) is 0 Å². The van der Waals surface area contributed by atoms with E-state index in [-0.39, 0.29) is 23.8 Å². The second kappa shape index (κ2) is 8.94. The molecular weight excluding hydrogens is 457 g/mol. The molecule has 1 aliphatic heterocycles. The van der Waals surface area contributed by atoms with Gasteiger partial charge < -0.3 is 10.6 Å². The van der Waals surface area contributed by atoms with E-state index in [4.69, 9.17) is 0 Å². The normalized spacial score (nSPS) is 17.5. The third-order valence-corrected chi connectivity index (χ3v) is 6.10. The van der Waals surface area contributed by atoms with Crippen LogP contribution in [0.25, 0.3) is 0 Å². The summed E-state index contributed by atoms with van der Waals surface area (Å²) in [6.07, 6.45) is -3.02. The van der Waals surface area contributed by atoms with E-state index in [0.29, 0.717) is 6.54 Å². The Morgan fingerprint density at radius 2 is 1.83 bits per heavy atom. The van der Waals surface area contributed by atoms with Gasteiger partial charge in [-0.15, -0.1) is 0 Å². The summed E-state index contributed by atoms with van der Waals surface area (Å²) < 4.78 is 44.2. The average molecular weight is 480 g/mol. The van der Waals surface area contributed by atoms with E-state index < -0.39 is 24.2 Å². The quantitative estimate of drug-likeness (QED) is 0.404. The molecule has 2 N–H and O–H groups in total. The number of anilines is 2. The molecule has 0 radical (unpaired) electrons. The van der Waals surface area contributed by atoms with Crippen LogP contribution in [0.1, 0.15) is 45.7 Å². The molecule has 0 bridgehead atoms. The van der Waals surface area contributed by atoms with Crippen LogP contribution in [-0.4, -0.2) is 31.6 Å². The van der Waals surface area contributed by atoms with Crippen molar-refractivity contribution in [3.05, 3.63) is 95.3 Å². The lowest BCUT2D eigenvalue weighted by atomic mass is 9.97. The first-order valence-corrected chi connectivity index (χ1v) is 11.1. The van der Waals surface area contributed by atoms with E-state index in [9.17, 15) is 18.0 Å². The van der Waals surface area contributed by atoms with Gasteiger partial charge in [-0.25, -0.2) is 4.68 Å². The molecule has 1 aliphatic rings. The molecule has 10 heteroatoms. The van der Waals surface area contributed by atoms with Gasteiger partial charge in [0.1, 0.15) is 5.82 Å². The van der Waals surface area contributed by atoms with Gasteiger partial charge in [0.2, 0.25) is 0 Å². The second-order valence-electron chi connectivity index (χ2n) is 8.54. The van der Waals surface area contributed by atoms with E-state index in [2.05, 4.69) is 20.8 Å². The summed E-state index contributed by atoms with van der Waals surface area (Å²) >= 11 is 0. The first-order chi connectivity index (χ1) is 16.8. The van der Waals surface area contributed by atoms with Crippen molar-refractivity contribution in [2.75, 3.05) is 10.6 Å². The van der Waals surface area contributed by atoms with Crippen molar-refractivity contribution in [2.45, 2.75) is 38.1 Å². The zero-order chi connectivity index (χ0) is 24.6. The summed E-state index contributed by atoms with van der Waals surface area (Å²) in [4.78, 5) is 12.8. The Kier molecular flexibility index (Phi) is 5.80.